The van der Waals surface area contributed by atoms with Crippen molar-refractivity contribution in [2.24, 2.45) is 17.6 Å². The van der Waals surface area contributed by atoms with Crippen molar-refractivity contribution in [1.29, 1.82) is 0 Å². The van der Waals surface area contributed by atoms with Crippen molar-refractivity contribution in [2.75, 3.05) is 13.1 Å². The minimum absolute atomic E-state index is 0.0723. The highest BCUT2D eigenvalue weighted by Gasteiger charge is 2.26. The highest BCUT2D eigenvalue weighted by atomic mass is 16.6. The number of aliphatic carboxylic acids is 1. The molecule has 2 atom stereocenters. The molecule has 4 N–H and O–H groups in total. The van der Waals surface area contributed by atoms with Gasteiger partial charge in [-0.1, -0.05) is 20.8 Å². The Labute approximate surface area is 112 Å². The molecule has 110 valence electrons. The number of carboxylic acids is 1. The summed E-state index contributed by atoms with van der Waals surface area (Å²) in [6, 6.07) is 0. The fraction of sp³-hybridized carbons (Fsp3) is 0.750. The first kappa shape index (κ1) is 17.4. The third-order valence-electron chi connectivity index (χ3n) is 2.41. The van der Waals surface area contributed by atoms with Gasteiger partial charge in [0.25, 0.3) is 0 Å². The Balaban J connectivity index is 4.31. The third kappa shape index (κ3) is 7.40. The molecule has 0 bridgehead atoms. The largest absolute Gasteiger partial charge is 0.479 e. The number of hydrogen-bond donors (Lipinski definition) is 3. The molecule has 7 heteroatoms. The van der Waals surface area contributed by atoms with Gasteiger partial charge in [-0.2, -0.15) is 0 Å². The lowest BCUT2D eigenvalue weighted by Crippen LogP contribution is -2.38. The van der Waals surface area contributed by atoms with E-state index in [4.69, 9.17) is 15.6 Å². The number of ether oxygens (including phenoxy) is 1. The number of carbonyl (C=O) groups is 3. The van der Waals surface area contributed by atoms with Crippen molar-refractivity contribution in [2.45, 2.75) is 33.3 Å². The smallest absolute Gasteiger partial charge is 0.345 e. The van der Waals surface area contributed by atoms with E-state index >= 15 is 0 Å². The molecule has 0 spiro atoms. The van der Waals surface area contributed by atoms with Crippen LogP contribution >= 0.6 is 0 Å². The molecule has 0 saturated carbocycles. The molecule has 0 saturated heterocycles. The summed E-state index contributed by atoms with van der Waals surface area (Å²) in [7, 11) is 0. The SMILES string of the molecule is CC(C)CC(OC(=O)C(C)CNC(=O)CN)C(=O)O. The van der Waals surface area contributed by atoms with Crippen LogP contribution in [0.5, 0.6) is 0 Å². The van der Waals surface area contributed by atoms with Crippen molar-refractivity contribution in [3.63, 3.8) is 0 Å². The zero-order valence-corrected chi connectivity index (χ0v) is 11.5. The Bertz CT molecular complexity index is 330. The van der Waals surface area contributed by atoms with Crippen molar-refractivity contribution in [3.05, 3.63) is 0 Å². The van der Waals surface area contributed by atoms with Crippen LogP contribution in [0.2, 0.25) is 0 Å². The van der Waals surface area contributed by atoms with Crippen molar-refractivity contribution in [3.8, 4) is 0 Å². The first-order valence-corrected chi connectivity index (χ1v) is 6.18. The van der Waals surface area contributed by atoms with Crippen molar-refractivity contribution in [1.82, 2.24) is 5.32 Å². The van der Waals surface area contributed by atoms with Gasteiger partial charge in [0.2, 0.25) is 5.91 Å². The highest BCUT2D eigenvalue weighted by Crippen LogP contribution is 2.11. The predicted molar refractivity (Wildman–Crippen MR) is 68.2 cm³/mol. The fourth-order valence-corrected chi connectivity index (χ4v) is 1.31. The van der Waals surface area contributed by atoms with Crippen LogP contribution in [-0.4, -0.2) is 42.1 Å². The molecule has 0 rings (SSSR count). The van der Waals surface area contributed by atoms with Gasteiger partial charge in [-0.05, 0) is 12.3 Å². The first-order valence-electron chi connectivity index (χ1n) is 6.18. The molecule has 0 aliphatic rings. The van der Waals surface area contributed by atoms with Crippen molar-refractivity contribution < 1.29 is 24.2 Å². The molecular weight excluding hydrogens is 252 g/mol. The topological polar surface area (TPSA) is 119 Å². The third-order valence-corrected chi connectivity index (χ3v) is 2.41. The number of nitrogens with one attached hydrogen (secondary N) is 1. The molecule has 0 aliphatic heterocycles. The number of rotatable bonds is 8. The zero-order valence-electron chi connectivity index (χ0n) is 11.5. The zero-order chi connectivity index (χ0) is 15.0. The summed E-state index contributed by atoms with van der Waals surface area (Å²) in [6.45, 7) is 5.15. The molecule has 0 aliphatic carbocycles. The first-order chi connectivity index (χ1) is 8.77. The maximum absolute atomic E-state index is 11.7. The average Bonchev–Trinajstić information content (AvgIpc) is 2.33. The Morgan fingerprint density at radius 2 is 1.84 bits per heavy atom. The second-order valence-electron chi connectivity index (χ2n) is 4.80. The van der Waals surface area contributed by atoms with Crippen molar-refractivity contribution >= 4 is 17.8 Å². The minimum Gasteiger partial charge on any atom is -0.479 e. The Morgan fingerprint density at radius 3 is 2.26 bits per heavy atom. The van der Waals surface area contributed by atoms with Gasteiger partial charge in [0, 0.05) is 6.54 Å². The van der Waals surface area contributed by atoms with Gasteiger partial charge in [0.15, 0.2) is 6.10 Å². The summed E-state index contributed by atoms with van der Waals surface area (Å²) in [4.78, 5) is 33.5. The van der Waals surface area contributed by atoms with Crippen LogP contribution < -0.4 is 11.1 Å². The standard InChI is InChI=1S/C12H22N2O5/c1-7(2)4-9(11(16)17)19-12(18)8(3)6-14-10(15)5-13/h7-9H,4-6,13H2,1-3H3,(H,14,15)(H,16,17). The summed E-state index contributed by atoms with van der Waals surface area (Å²) in [5, 5.41) is 11.4. The van der Waals surface area contributed by atoms with E-state index in [0.717, 1.165) is 0 Å². The molecule has 7 nitrogen and oxygen atoms in total. The fourth-order valence-electron chi connectivity index (χ4n) is 1.31. The molecular formula is C12H22N2O5. The molecule has 0 aromatic rings. The quantitative estimate of drug-likeness (QED) is 0.525. The van der Waals surface area contributed by atoms with Crippen LogP contribution in [0.4, 0.5) is 0 Å². The summed E-state index contributed by atoms with van der Waals surface area (Å²) in [5.74, 6) is -2.71. The number of carbonyl (C=O) groups excluding carboxylic acids is 2. The van der Waals surface area contributed by atoms with Gasteiger partial charge in [-0.25, -0.2) is 4.79 Å². The maximum atomic E-state index is 11.7. The van der Waals surface area contributed by atoms with E-state index in [-0.39, 0.29) is 31.3 Å². The summed E-state index contributed by atoms with van der Waals surface area (Å²) in [5.41, 5.74) is 5.10. The molecule has 1 amide bonds. The summed E-state index contributed by atoms with van der Waals surface area (Å²) >= 11 is 0. The maximum Gasteiger partial charge on any atom is 0.345 e. The molecule has 0 heterocycles. The molecule has 0 radical (unpaired) electrons. The van der Waals surface area contributed by atoms with Crippen LogP contribution in [0, 0.1) is 11.8 Å². The van der Waals surface area contributed by atoms with Gasteiger partial charge in [0.1, 0.15) is 0 Å². The van der Waals surface area contributed by atoms with E-state index in [2.05, 4.69) is 5.32 Å². The lowest BCUT2D eigenvalue weighted by molar-refractivity contribution is -0.167. The van der Waals surface area contributed by atoms with Gasteiger partial charge < -0.3 is 20.9 Å². The van der Waals surface area contributed by atoms with E-state index in [9.17, 15) is 14.4 Å². The lowest BCUT2D eigenvalue weighted by Gasteiger charge is -2.18. The Hall–Kier alpha value is -1.63. The summed E-state index contributed by atoms with van der Waals surface area (Å²) in [6.07, 6.45) is -0.900. The van der Waals surface area contributed by atoms with Crippen LogP contribution in [-0.2, 0) is 19.1 Å². The van der Waals surface area contributed by atoms with E-state index < -0.39 is 24.0 Å². The molecule has 0 aromatic carbocycles. The highest BCUT2D eigenvalue weighted by molar-refractivity contribution is 5.81. The van der Waals surface area contributed by atoms with E-state index in [1.807, 2.05) is 13.8 Å². The van der Waals surface area contributed by atoms with Crippen LogP contribution in [0.15, 0.2) is 0 Å². The minimum atomic E-state index is -1.17. The normalized spacial score (nSPS) is 13.7. The monoisotopic (exact) mass is 274 g/mol. The summed E-state index contributed by atoms with van der Waals surface area (Å²) < 4.78 is 4.93. The second-order valence-corrected chi connectivity index (χ2v) is 4.80. The molecule has 0 fully saturated rings. The number of carboxylic acid groups (broad SMARTS) is 1. The second kappa shape index (κ2) is 8.47. The number of esters is 1. The van der Waals surface area contributed by atoms with Crippen LogP contribution in [0.3, 0.4) is 0 Å². The molecule has 0 aromatic heterocycles. The number of amides is 1. The van der Waals surface area contributed by atoms with Gasteiger partial charge in [-0.3, -0.25) is 9.59 Å². The van der Waals surface area contributed by atoms with E-state index in [1.54, 1.807) is 6.92 Å². The molecule has 2 unspecified atom stereocenters. The Morgan fingerprint density at radius 1 is 1.26 bits per heavy atom. The van der Waals surface area contributed by atoms with E-state index in [0.29, 0.717) is 0 Å². The Kier molecular flexibility index (Phi) is 7.74. The van der Waals surface area contributed by atoms with Gasteiger partial charge >= 0.3 is 11.9 Å². The lowest BCUT2D eigenvalue weighted by atomic mass is 10.1. The van der Waals surface area contributed by atoms with Gasteiger partial charge in [0.05, 0.1) is 12.5 Å². The molecule has 19 heavy (non-hydrogen) atoms. The number of hydrogen-bond acceptors (Lipinski definition) is 5. The number of nitrogens with two attached hydrogens (primary N) is 1. The average molecular weight is 274 g/mol. The van der Waals surface area contributed by atoms with Crippen LogP contribution in [0.25, 0.3) is 0 Å². The van der Waals surface area contributed by atoms with Gasteiger partial charge in [-0.15, -0.1) is 0 Å². The van der Waals surface area contributed by atoms with Crippen LogP contribution in [0.1, 0.15) is 27.2 Å². The predicted octanol–water partition coefficient (Wildman–Crippen LogP) is -0.260. The van der Waals surface area contributed by atoms with E-state index in [1.165, 1.54) is 0 Å².